The zero-order valence-corrected chi connectivity index (χ0v) is 21.9. The van der Waals surface area contributed by atoms with Gasteiger partial charge in [-0.05, 0) is 81.9 Å². The number of nitrogens with one attached hydrogen (secondary N) is 1. The molecule has 1 aliphatic heterocycles. The third-order valence-corrected chi connectivity index (χ3v) is 8.36. The van der Waals surface area contributed by atoms with E-state index in [0.29, 0.717) is 44.0 Å². The molecule has 1 aromatic heterocycles. The van der Waals surface area contributed by atoms with Gasteiger partial charge in [-0.1, -0.05) is 18.2 Å². The van der Waals surface area contributed by atoms with E-state index in [0.717, 1.165) is 50.1 Å². The number of aromatic nitrogens is 2. The Labute approximate surface area is 223 Å². The van der Waals surface area contributed by atoms with Crippen molar-refractivity contribution < 1.29 is 24.2 Å². The zero-order valence-electron chi connectivity index (χ0n) is 21.9. The van der Waals surface area contributed by atoms with Crippen LogP contribution in [0.25, 0.3) is 0 Å². The van der Waals surface area contributed by atoms with E-state index in [-0.39, 0.29) is 17.4 Å². The number of ether oxygens (including phenoxy) is 2. The Kier molecular flexibility index (Phi) is 7.53. The normalized spacial score (nSPS) is 26.8. The van der Waals surface area contributed by atoms with Crippen molar-refractivity contribution in [2.75, 3.05) is 29.9 Å². The summed E-state index contributed by atoms with van der Waals surface area (Å²) in [6, 6.07) is 7.71. The maximum Gasteiger partial charge on any atom is 0.309 e. The van der Waals surface area contributed by atoms with E-state index in [2.05, 4.69) is 20.2 Å². The highest BCUT2D eigenvalue weighted by Crippen LogP contribution is 2.57. The Morgan fingerprint density at radius 2 is 1.87 bits per heavy atom. The predicted molar refractivity (Wildman–Crippen MR) is 143 cm³/mol. The molecule has 2 bridgehead atoms. The van der Waals surface area contributed by atoms with Crippen LogP contribution in [0.4, 0.5) is 11.6 Å². The van der Waals surface area contributed by atoms with E-state index in [9.17, 15) is 14.7 Å². The van der Waals surface area contributed by atoms with Gasteiger partial charge in [0, 0.05) is 6.54 Å². The first kappa shape index (κ1) is 26.0. The van der Waals surface area contributed by atoms with Crippen molar-refractivity contribution in [3.05, 3.63) is 48.8 Å². The number of carbonyl (C=O) groups is 2. The second kappa shape index (κ2) is 11.0. The number of rotatable bonds is 9. The number of nitrogens with zero attached hydrogens (tertiary/aromatic N) is 3. The minimum atomic E-state index is -0.673. The molecule has 3 saturated carbocycles. The topological polar surface area (TPSA) is 114 Å². The molecule has 0 spiro atoms. The summed E-state index contributed by atoms with van der Waals surface area (Å²) >= 11 is 0. The molecule has 2 heterocycles. The van der Waals surface area contributed by atoms with Crippen LogP contribution in [0.1, 0.15) is 58.3 Å². The maximum atomic E-state index is 12.7. The van der Waals surface area contributed by atoms with E-state index in [4.69, 9.17) is 9.47 Å². The van der Waals surface area contributed by atoms with Crippen molar-refractivity contribution in [3.8, 4) is 11.5 Å². The molecule has 4 aliphatic rings. The Balaban J connectivity index is 1.18. The lowest BCUT2D eigenvalue weighted by atomic mass is 9.54. The number of fused-ring (bicyclic) bond motifs is 3. The molecule has 1 atom stereocenters. The Bertz CT molecular complexity index is 1170. The molecule has 0 unspecified atom stereocenters. The van der Waals surface area contributed by atoms with Crippen LogP contribution in [0.5, 0.6) is 11.5 Å². The second-order valence-corrected chi connectivity index (χ2v) is 10.7. The van der Waals surface area contributed by atoms with Crippen molar-refractivity contribution in [3.63, 3.8) is 0 Å². The Morgan fingerprint density at radius 3 is 2.58 bits per heavy atom. The molecule has 0 radical (unpaired) electrons. The minimum absolute atomic E-state index is 0.0153. The van der Waals surface area contributed by atoms with E-state index >= 15 is 0 Å². The molecule has 4 fully saturated rings. The minimum Gasteiger partial charge on any atom is -0.490 e. The number of aliphatic carboxylic acids is 1. The summed E-state index contributed by atoms with van der Waals surface area (Å²) in [5.74, 6) is 1.65. The quantitative estimate of drug-likeness (QED) is 0.452. The number of carboxylic acid groups (broad SMARTS) is 1. The monoisotopic (exact) mass is 520 g/mol. The van der Waals surface area contributed by atoms with Gasteiger partial charge in [-0.3, -0.25) is 14.6 Å². The van der Waals surface area contributed by atoms with Gasteiger partial charge in [-0.2, -0.15) is 0 Å². The molecule has 38 heavy (non-hydrogen) atoms. The smallest absolute Gasteiger partial charge is 0.309 e. The first-order chi connectivity index (χ1) is 18.4. The fourth-order valence-electron chi connectivity index (χ4n) is 6.02. The molecule has 9 heteroatoms. The Hall–Kier alpha value is -3.62. The van der Waals surface area contributed by atoms with Crippen molar-refractivity contribution in [1.82, 2.24) is 9.97 Å². The summed E-state index contributed by atoms with van der Waals surface area (Å²) in [7, 11) is 0. The van der Waals surface area contributed by atoms with E-state index in [1.165, 1.54) is 0 Å². The van der Waals surface area contributed by atoms with E-state index in [1.807, 2.05) is 37.3 Å². The second-order valence-electron chi connectivity index (χ2n) is 10.7. The van der Waals surface area contributed by atoms with Gasteiger partial charge >= 0.3 is 5.97 Å². The standard InChI is InChI=1S/C29H36N4O5/c1-2-37-22-7-3-4-8-23(22)38-21-6-5-17-33(20-21)25-19-30-18-24(31-25)32-26(34)9-10-28-11-14-29(15-12-28,16-13-28)27(35)36/h3-4,7-10,18-19,21H,2,5-6,11-17,20H2,1H3,(H,35,36)(H,31,32,34)/b10-9+/t21-,28?,29?/m1/s1. The van der Waals surface area contributed by atoms with Gasteiger partial charge in [0.2, 0.25) is 5.91 Å². The number of amides is 1. The van der Waals surface area contributed by atoms with Crippen LogP contribution in [0.15, 0.2) is 48.8 Å². The number of allylic oxidation sites excluding steroid dienone is 1. The number of benzene rings is 1. The van der Waals surface area contributed by atoms with Crippen LogP contribution in [-0.2, 0) is 9.59 Å². The number of carboxylic acids is 1. The number of carbonyl (C=O) groups excluding carboxylic acids is 1. The highest BCUT2D eigenvalue weighted by atomic mass is 16.5. The van der Waals surface area contributed by atoms with Gasteiger partial charge < -0.3 is 24.8 Å². The van der Waals surface area contributed by atoms with Crippen LogP contribution < -0.4 is 19.7 Å². The average molecular weight is 521 g/mol. The predicted octanol–water partition coefficient (Wildman–Crippen LogP) is 4.84. The van der Waals surface area contributed by atoms with Crippen LogP contribution >= 0.6 is 0 Å². The highest BCUT2D eigenvalue weighted by Gasteiger charge is 2.51. The molecular weight excluding hydrogens is 484 g/mol. The Morgan fingerprint density at radius 1 is 1.13 bits per heavy atom. The largest absolute Gasteiger partial charge is 0.490 e. The van der Waals surface area contributed by atoms with E-state index in [1.54, 1.807) is 18.5 Å². The van der Waals surface area contributed by atoms with Crippen molar-refractivity contribution in [2.24, 2.45) is 10.8 Å². The van der Waals surface area contributed by atoms with Gasteiger partial charge in [0.05, 0.1) is 31.0 Å². The van der Waals surface area contributed by atoms with Gasteiger partial charge in [0.25, 0.3) is 0 Å². The fourth-order valence-corrected chi connectivity index (χ4v) is 6.02. The molecule has 6 rings (SSSR count). The molecule has 9 nitrogen and oxygen atoms in total. The van der Waals surface area contributed by atoms with Crippen molar-refractivity contribution in [1.29, 1.82) is 0 Å². The third kappa shape index (κ3) is 5.61. The van der Waals surface area contributed by atoms with Gasteiger partial charge in [-0.25, -0.2) is 4.98 Å². The first-order valence-electron chi connectivity index (χ1n) is 13.6. The number of hydrogen-bond donors (Lipinski definition) is 2. The summed E-state index contributed by atoms with van der Waals surface area (Å²) in [5, 5.41) is 12.4. The van der Waals surface area contributed by atoms with E-state index < -0.39 is 11.4 Å². The first-order valence-corrected chi connectivity index (χ1v) is 13.6. The lowest BCUT2D eigenvalue weighted by Gasteiger charge is -2.50. The molecule has 202 valence electrons. The van der Waals surface area contributed by atoms with Crippen LogP contribution in [0.2, 0.25) is 0 Å². The summed E-state index contributed by atoms with van der Waals surface area (Å²) in [4.78, 5) is 35.5. The number of hydrogen-bond acceptors (Lipinski definition) is 7. The number of piperidine rings is 1. The van der Waals surface area contributed by atoms with Crippen LogP contribution in [0, 0.1) is 10.8 Å². The van der Waals surface area contributed by atoms with Gasteiger partial charge in [0.15, 0.2) is 17.3 Å². The van der Waals surface area contributed by atoms with Gasteiger partial charge in [0.1, 0.15) is 11.9 Å². The molecule has 2 aromatic rings. The van der Waals surface area contributed by atoms with Crippen LogP contribution in [-0.4, -0.2) is 52.8 Å². The molecule has 1 aromatic carbocycles. The van der Waals surface area contributed by atoms with Crippen LogP contribution in [0.3, 0.4) is 0 Å². The molecule has 3 aliphatic carbocycles. The lowest BCUT2D eigenvalue weighted by molar-refractivity contribution is -0.157. The van der Waals surface area contributed by atoms with Gasteiger partial charge in [-0.15, -0.1) is 0 Å². The summed E-state index contributed by atoms with van der Waals surface area (Å²) in [5.41, 5.74) is -0.634. The molecule has 1 amide bonds. The summed E-state index contributed by atoms with van der Waals surface area (Å²) in [6.07, 6.45) is 13.2. The zero-order chi connectivity index (χ0) is 26.6. The van der Waals surface area contributed by atoms with Crippen molar-refractivity contribution >= 4 is 23.5 Å². The number of anilines is 2. The molecular formula is C29H36N4O5. The number of para-hydroxylation sites is 2. The third-order valence-electron chi connectivity index (χ3n) is 8.36. The van der Waals surface area contributed by atoms with Crippen molar-refractivity contribution in [2.45, 2.75) is 64.4 Å². The lowest BCUT2D eigenvalue weighted by Crippen LogP contribution is -2.45. The SMILES string of the molecule is CCOc1ccccc1O[C@@H]1CCCN(c2cncc(NC(=O)/C=C/C34CCC(C(=O)O)(CC3)CC4)n2)C1. The maximum absolute atomic E-state index is 12.7. The highest BCUT2D eigenvalue weighted by molar-refractivity contribution is 5.98. The summed E-state index contributed by atoms with van der Waals surface area (Å²) in [6.45, 7) is 4.02. The average Bonchev–Trinajstić information content (AvgIpc) is 2.94. The molecule has 2 N–H and O–H groups in total. The summed E-state index contributed by atoms with van der Waals surface area (Å²) < 4.78 is 12.0. The fraction of sp³-hybridized carbons (Fsp3) is 0.517. The molecule has 1 saturated heterocycles.